The van der Waals surface area contributed by atoms with Crippen LogP contribution >= 0.6 is 0 Å². The monoisotopic (exact) mass is 435 g/mol. The van der Waals surface area contributed by atoms with E-state index in [1.54, 1.807) is 47.5 Å². The fourth-order valence-corrected chi connectivity index (χ4v) is 3.99. The fourth-order valence-electron chi connectivity index (χ4n) is 3.99. The Hall–Kier alpha value is -2.95. The van der Waals surface area contributed by atoms with E-state index in [4.69, 9.17) is 0 Å². The van der Waals surface area contributed by atoms with E-state index in [0.717, 1.165) is 12.8 Å². The number of aromatic nitrogens is 5. The van der Waals surface area contributed by atoms with Crippen LogP contribution in [-0.4, -0.2) is 67.2 Å². The van der Waals surface area contributed by atoms with Crippen LogP contribution in [0, 0.1) is 0 Å². The Labute approximate surface area is 176 Å². The Morgan fingerprint density at radius 3 is 2.74 bits per heavy atom. The molecule has 166 valence electrons. The third kappa shape index (κ3) is 5.04. The number of nitrogens with zero attached hydrogens (tertiary/aromatic N) is 5. The second-order valence-corrected chi connectivity index (χ2v) is 7.90. The number of alkyl halides is 3. The Morgan fingerprint density at radius 2 is 2.06 bits per heavy atom. The molecule has 0 atom stereocenters. The highest BCUT2D eigenvalue weighted by Crippen LogP contribution is 2.26. The summed E-state index contributed by atoms with van der Waals surface area (Å²) < 4.78 is 39.0. The van der Waals surface area contributed by atoms with Crippen molar-refractivity contribution in [1.29, 1.82) is 0 Å². The standard InChI is InChI=1S/C20H24F3N7O/c1-29(10-7-20(21,22)23)14-4-2-13(3-5-14)26-18(31)17-16-15(6-8-25-16)27-19(28-17)30-11-9-24-12-30/h6,8-9,11-14,25H,2-5,7,10H2,1H3,(H,26,31)/t13-,14+. The van der Waals surface area contributed by atoms with E-state index in [9.17, 15) is 18.0 Å². The van der Waals surface area contributed by atoms with Gasteiger partial charge in [-0.15, -0.1) is 0 Å². The quantitative estimate of drug-likeness (QED) is 0.621. The molecule has 1 saturated carbocycles. The van der Waals surface area contributed by atoms with Gasteiger partial charge in [0.15, 0.2) is 5.69 Å². The molecule has 2 N–H and O–H groups in total. The number of fused-ring (bicyclic) bond motifs is 1. The molecule has 0 radical (unpaired) electrons. The summed E-state index contributed by atoms with van der Waals surface area (Å²) in [6.07, 6.45) is 4.51. The van der Waals surface area contributed by atoms with Crippen molar-refractivity contribution in [1.82, 2.24) is 34.7 Å². The molecule has 0 aliphatic heterocycles. The fraction of sp³-hybridized carbons (Fsp3) is 0.500. The highest BCUT2D eigenvalue weighted by Gasteiger charge is 2.30. The summed E-state index contributed by atoms with van der Waals surface area (Å²) in [7, 11) is 1.73. The van der Waals surface area contributed by atoms with Crippen LogP contribution in [-0.2, 0) is 0 Å². The molecule has 31 heavy (non-hydrogen) atoms. The first-order valence-corrected chi connectivity index (χ1v) is 10.2. The molecule has 0 unspecified atom stereocenters. The maximum absolute atomic E-state index is 13.0. The SMILES string of the molecule is CN(CCC(F)(F)F)[C@H]1CC[C@@H](NC(=O)c2nc(-n3ccnc3)nc3cc[nH]c23)CC1. The summed E-state index contributed by atoms with van der Waals surface area (Å²) in [5.74, 6) is 0.0508. The minimum atomic E-state index is -4.14. The molecule has 1 fully saturated rings. The molecule has 3 aromatic rings. The van der Waals surface area contributed by atoms with Crippen LogP contribution in [0.3, 0.4) is 0 Å². The van der Waals surface area contributed by atoms with Gasteiger partial charge in [0.2, 0.25) is 5.95 Å². The lowest BCUT2D eigenvalue weighted by Crippen LogP contribution is -2.43. The Kier molecular flexibility index (Phi) is 5.94. The van der Waals surface area contributed by atoms with Crippen molar-refractivity contribution in [3.05, 3.63) is 36.7 Å². The number of rotatable bonds is 6. The maximum atomic E-state index is 13.0. The van der Waals surface area contributed by atoms with Crippen molar-refractivity contribution >= 4 is 16.9 Å². The molecule has 0 saturated heterocycles. The molecule has 0 bridgehead atoms. The van der Waals surface area contributed by atoms with Crippen LogP contribution < -0.4 is 5.32 Å². The lowest BCUT2D eigenvalue weighted by molar-refractivity contribution is -0.138. The number of H-pyrrole nitrogens is 1. The topological polar surface area (TPSA) is 91.7 Å². The Balaban J connectivity index is 1.40. The van der Waals surface area contributed by atoms with Gasteiger partial charge in [0, 0.05) is 37.2 Å². The van der Waals surface area contributed by atoms with Crippen LogP contribution in [0.5, 0.6) is 0 Å². The maximum Gasteiger partial charge on any atom is 0.390 e. The lowest BCUT2D eigenvalue weighted by atomic mass is 9.90. The van der Waals surface area contributed by atoms with Crippen LogP contribution in [0.1, 0.15) is 42.6 Å². The van der Waals surface area contributed by atoms with Crippen LogP contribution in [0.4, 0.5) is 13.2 Å². The number of hydrogen-bond acceptors (Lipinski definition) is 5. The zero-order valence-corrected chi connectivity index (χ0v) is 17.1. The summed E-state index contributed by atoms with van der Waals surface area (Å²) in [5.41, 5.74) is 1.43. The number of carbonyl (C=O) groups is 1. The van der Waals surface area contributed by atoms with Crippen LogP contribution in [0.25, 0.3) is 17.0 Å². The highest BCUT2D eigenvalue weighted by atomic mass is 19.4. The van der Waals surface area contributed by atoms with Crippen LogP contribution in [0.15, 0.2) is 31.0 Å². The van der Waals surface area contributed by atoms with Gasteiger partial charge in [-0.3, -0.25) is 9.36 Å². The van der Waals surface area contributed by atoms with E-state index in [1.807, 2.05) is 0 Å². The molecule has 0 spiro atoms. The zero-order chi connectivity index (χ0) is 22.0. The number of imidazole rings is 1. The minimum Gasteiger partial charge on any atom is -0.358 e. The summed E-state index contributed by atoms with van der Waals surface area (Å²) in [6, 6.07) is 1.82. The van der Waals surface area contributed by atoms with E-state index in [0.29, 0.717) is 29.8 Å². The van der Waals surface area contributed by atoms with Crippen molar-refractivity contribution in [2.75, 3.05) is 13.6 Å². The number of halogens is 3. The molecule has 8 nitrogen and oxygen atoms in total. The van der Waals surface area contributed by atoms with Gasteiger partial charge in [-0.05, 0) is 38.8 Å². The van der Waals surface area contributed by atoms with E-state index in [1.165, 1.54) is 0 Å². The van der Waals surface area contributed by atoms with Gasteiger partial charge in [-0.25, -0.2) is 15.0 Å². The molecule has 1 aliphatic carbocycles. The van der Waals surface area contributed by atoms with E-state index in [-0.39, 0.29) is 30.2 Å². The molecular formula is C20H24F3N7O. The molecular weight excluding hydrogens is 411 g/mol. The Bertz CT molecular complexity index is 1020. The number of carbonyl (C=O) groups excluding carboxylic acids is 1. The van der Waals surface area contributed by atoms with Gasteiger partial charge in [0.1, 0.15) is 6.33 Å². The predicted octanol–water partition coefficient (Wildman–Crippen LogP) is 3.07. The number of hydrogen-bond donors (Lipinski definition) is 2. The van der Waals surface area contributed by atoms with E-state index >= 15 is 0 Å². The summed E-state index contributed by atoms with van der Waals surface area (Å²) in [4.78, 5) is 30.6. The lowest BCUT2D eigenvalue weighted by Gasteiger charge is -2.35. The van der Waals surface area contributed by atoms with Crippen molar-refractivity contribution < 1.29 is 18.0 Å². The van der Waals surface area contributed by atoms with Gasteiger partial charge in [0.05, 0.1) is 17.5 Å². The minimum absolute atomic E-state index is 0.00599. The molecule has 3 aromatic heterocycles. The first-order chi connectivity index (χ1) is 14.8. The average molecular weight is 435 g/mol. The van der Waals surface area contributed by atoms with Crippen molar-refractivity contribution in [3.63, 3.8) is 0 Å². The second-order valence-electron chi connectivity index (χ2n) is 7.90. The molecule has 11 heteroatoms. The smallest absolute Gasteiger partial charge is 0.358 e. The first kappa shape index (κ1) is 21.3. The van der Waals surface area contributed by atoms with Gasteiger partial charge in [-0.2, -0.15) is 13.2 Å². The molecule has 1 amide bonds. The second kappa shape index (κ2) is 8.66. The van der Waals surface area contributed by atoms with E-state index < -0.39 is 12.6 Å². The largest absolute Gasteiger partial charge is 0.390 e. The normalized spacial score (nSPS) is 19.8. The van der Waals surface area contributed by atoms with E-state index in [2.05, 4.69) is 25.3 Å². The van der Waals surface area contributed by atoms with Crippen molar-refractivity contribution in [2.45, 2.75) is 50.4 Å². The average Bonchev–Trinajstić information content (AvgIpc) is 3.43. The molecule has 0 aromatic carbocycles. The number of nitrogens with one attached hydrogen (secondary N) is 2. The van der Waals surface area contributed by atoms with Crippen LogP contribution in [0.2, 0.25) is 0 Å². The Morgan fingerprint density at radius 1 is 1.29 bits per heavy atom. The first-order valence-electron chi connectivity index (χ1n) is 10.2. The zero-order valence-electron chi connectivity index (χ0n) is 17.1. The van der Waals surface area contributed by atoms with Gasteiger partial charge in [-0.1, -0.05) is 0 Å². The van der Waals surface area contributed by atoms with Gasteiger partial charge >= 0.3 is 6.18 Å². The van der Waals surface area contributed by atoms with Crippen molar-refractivity contribution in [2.24, 2.45) is 0 Å². The molecule has 4 rings (SSSR count). The van der Waals surface area contributed by atoms with Gasteiger partial charge in [0.25, 0.3) is 5.91 Å². The van der Waals surface area contributed by atoms with Gasteiger partial charge < -0.3 is 15.2 Å². The predicted molar refractivity (Wildman–Crippen MR) is 108 cm³/mol. The summed E-state index contributed by atoms with van der Waals surface area (Å²) >= 11 is 0. The molecule has 3 heterocycles. The number of aromatic amines is 1. The third-order valence-electron chi connectivity index (χ3n) is 5.75. The number of amides is 1. The van der Waals surface area contributed by atoms with Crippen molar-refractivity contribution in [3.8, 4) is 5.95 Å². The molecule has 1 aliphatic rings. The highest BCUT2D eigenvalue weighted by molar-refractivity contribution is 6.03. The summed E-state index contributed by atoms with van der Waals surface area (Å²) in [5, 5.41) is 3.03. The summed E-state index contributed by atoms with van der Waals surface area (Å²) in [6.45, 7) is -0.00599. The third-order valence-corrected chi connectivity index (χ3v) is 5.75.